The van der Waals surface area contributed by atoms with Crippen LogP contribution in [0.3, 0.4) is 0 Å². The van der Waals surface area contributed by atoms with Crippen LogP contribution >= 0.6 is 0 Å². The monoisotopic (exact) mass is 603 g/mol. The largest absolute Gasteiger partial charge is 0.309 e. The number of benzene rings is 5. The molecule has 1 atom stereocenters. The Morgan fingerprint density at radius 3 is 2.15 bits per heavy atom. The first-order valence-corrected chi connectivity index (χ1v) is 17.2. The van der Waals surface area contributed by atoms with E-state index in [1.165, 1.54) is 83.1 Å². The Morgan fingerprint density at radius 1 is 0.574 bits per heavy atom. The molecule has 1 aromatic heterocycles. The molecule has 5 aromatic carbocycles. The van der Waals surface area contributed by atoms with Gasteiger partial charge in [0.1, 0.15) is 0 Å². The average Bonchev–Trinajstić information content (AvgIpc) is 3.69. The number of aromatic nitrogens is 1. The van der Waals surface area contributed by atoms with Gasteiger partial charge < -0.3 is 4.57 Å². The zero-order valence-corrected chi connectivity index (χ0v) is 27.1. The van der Waals surface area contributed by atoms with E-state index in [0.717, 1.165) is 25.7 Å². The molecule has 4 aliphatic carbocycles. The smallest absolute Gasteiger partial charge is 0.0674 e. The van der Waals surface area contributed by atoms with Crippen molar-refractivity contribution >= 4 is 21.8 Å². The quantitative estimate of drug-likeness (QED) is 0.190. The Hall–Kier alpha value is -5.14. The first-order chi connectivity index (χ1) is 23.1. The zero-order chi connectivity index (χ0) is 31.3. The molecule has 0 radical (unpaired) electrons. The fraction of sp³-hybridized carbons (Fsp3) is 0.174. The van der Waals surface area contributed by atoms with Crippen molar-refractivity contribution in [2.45, 2.75) is 50.4 Å². The summed E-state index contributed by atoms with van der Waals surface area (Å²) in [7, 11) is 0. The standard InChI is InChI=1S/C46H37N/c1-45(2)39-22-12-9-20-34(39)37-28-38-36-21-11-14-24-43(36)47(44(38)29-41(37)45)32-25-26-35-33-19-10-13-23-40(33)46(42(35)27-32,30-15-5-3-6-16-30)31-17-7-4-8-18-31/h3,5,7,9-15,17-29H,4,6,8,16H2,1-2H3. The van der Waals surface area contributed by atoms with E-state index >= 15 is 0 Å². The Kier molecular flexibility index (Phi) is 5.57. The van der Waals surface area contributed by atoms with Crippen LogP contribution in [-0.4, -0.2) is 4.57 Å². The van der Waals surface area contributed by atoms with Crippen molar-refractivity contribution in [2.75, 3.05) is 0 Å². The van der Waals surface area contributed by atoms with Gasteiger partial charge in [-0.2, -0.15) is 0 Å². The highest BCUT2D eigenvalue weighted by Crippen LogP contribution is 2.59. The molecule has 0 saturated carbocycles. The highest BCUT2D eigenvalue weighted by molar-refractivity contribution is 6.11. The number of allylic oxidation sites excluding steroid dienone is 8. The molecule has 1 heterocycles. The topological polar surface area (TPSA) is 4.93 Å². The summed E-state index contributed by atoms with van der Waals surface area (Å²) in [5, 5.41) is 2.63. The lowest BCUT2D eigenvalue weighted by atomic mass is 9.64. The molecule has 0 spiro atoms. The third-order valence-corrected chi connectivity index (χ3v) is 11.6. The van der Waals surface area contributed by atoms with E-state index in [-0.39, 0.29) is 10.8 Å². The summed E-state index contributed by atoms with van der Waals surface area (Å²) in [6.45, 7) is 4.77. The second kappa shape index (κ2) is 9.69. The van der Waals surface area contributed by atoms with E-state index in [9.17, 15) is 0 Å². The van der Waals surface area contributed by atoms with Crippen LogP contribution in [0.15, 0.2) is 151 Å². The Labute approximate surface area is 276 Å². The molecule has 0 aliphatic heterocycles. The van der Waals surface area contributed by atoms with Crippen molar-refractivity contribution in [1.82, 2.24) is 4.57 Å². The van der Waals surface area contributed by atoms with Gasteiger partial charge in [-0.15, -0.1) is 0 Å². The molecular formula is C46H37N. The maximum Gasteiger partial charge on any atom is 0.0674 e. The molecule has 1 nitrogen and oxygen atoms in total. The number of fused-ring (bicyclic) bond motifs is 9. The van der Waals surface area contributed by atoms with Gasteiger partial charge in [0.05, 0.1) is 16.4 Å². The van der Waals surface area contributed by atoms with Gasteiger partial charge in [-0.05, 0) is 106 Å². The average molecular weight is 604 g/mol. The lowest BCUT2D eigenvalue weighted by molar-refractivity contribution is 0.661. The summed E-state index contributed by atoms with van der Waals surface area (Å²) < 4.78 is 2.54. The van der Waals surface area contributed by atoms with E-state index < -0.39 is 0 Å². The summed E-state index contributed by atoms with van der Waals surface area (Å²) in [6, 6.07) is 39.4. The molecule has 47 heavy (non-hydrogen) atoms. The van der Waals surface area contributed by atoms with Gasteiger partial charge in [0.2, 0.25) is 0 Å². The molecule has 226 valence electrons. The Morgan fingerprint density at radius 2 is 1.34 bits per heavy atom. The number of hydrogen-bond acceptors (Lipinski definition) is 0. The first-order valence-electron chi connectivity index (χ1n) is 17.2. The van der Waals surface area contributed by atoms with Crippen molar-refractivity contribution in [3.05, 3.63) is 173 Å². The molecule has 4 aliphatic rings. The van der Waals surface area contributed by atoms with Crippen molar-refractivity contribution in [1.29, 1.82) is 0 Å². The predicted octanol–water partition coefficient (Wildman–Crippen LogP) is 11.9. The van der Waals surface area contributed by atoms with Crippen LogP contribution in [0.25, 0.3) is 49.7 Å². The second-order valence-electron chi connectivity index (χ2n) is 14.3. The molecular weight excluding hydrogens is 567 g/mol. The molecule has 0 bridgehead atoms. The van der Waals surface area contributed by atoms with E-state index in [2.05, 4.69) is 158 Å². The highest BCUT2D eigenvalue weighted by Gasteiger charge is 2.48. The maximum absolute atomic E-state index is 2.54. The normalized spacial score (nSPS) is 20.1. The first kappa shape index (κ1) is 27.0. The van der Waals surface area contributed by atoms with Crippen molar-refractivity contribution in [3.63, 3.8) is 0 Å². The Bertz CT molecular complexity index is 2440. The van der Waals surface area contributed by atoms with Gasteiger partial charge in [0, 0.05) is 21.9 Å². The van der Waals surface area contributed by atoms with Crippen LogP contribution in [0.1, 0.15) is 61.8 Å². The molecule has 0 amide bonds. The van der Waals surface area contributed by atoms with Gasteiger partial charge in [-0.25, -0.2) is 0 Å². The van der Waals surface area contributed by atoms with Crippen LogP contribution in [0.4, 0.5) is 0 Å². The van der Waals surface area contributed by atoms with Crippen LogP contribution in [0.2, 0.25) is 0 Å². The summed E-state index contributed by atoms with van der Waals surface area (Å²) in [5.74, 6) is 0. The molecule has 1 unspecified atom stereocenters. The molecule has 0 N–H and O–H groups in total. The van der Waals surface area contributed by atoms with Gasteiger partial charge in [0.15, 0.2) is 0 Å². The number of hydrogen-bond donors (Lipinski definition) is 0. The highest BCUT2D eigenvalue weighted by atomic mass is 15.0. The van der Waals surface area contributed by atoms with Gasteiger partial charge in [-0.3, -0.25) is 0 Å². The summed E-state index contributed by atoms with van der Waals surface area (Å²) in [5.41, 5.74) is 17.5. The Balaban J connectivity index is 1.28. The molecule has 0 fully saturated rings. The van der Waals surface area contributed by atoms with Gasteiger partial charge >= 0.3 is 0 Å². The molecule has 1 heteroatoms. The van der Waals surface area contributed by atoms with E-state index in [1.807, 2.05) is 0 Å². The minimum atomic E-state index is -0.298. The number of nitrogens with zero attached hydrogens (tertiary/aromatic N) is 1. The SMILES string of the molecule is CC1(C)c2ccccc2-c2cc3c4ccccc4n(-c4ccc5c(c4)C(C4=CCCC=C4)(C4=CC=CCC4)c4ccccc4-5)c3cc21. The van der Waals surface area contributed by atoms with E-state index in [0.29, 0.717) is 0 Å². The van der Waals surface area contributed by atoms with Crippen LogP contribution in [-0.2, 0) is 10.8 Å². The second-order valence-corrected chi connectivity index (χ2v) is 14.3. The number of para-hydroxylation sites is 1. The lowest BCUT2D eigenvalue weighted by Crippen LogP contribution is -2.31. The predicted molar refractivity (Wildman–Crippen MR) is 197 cm³/mol. The fourth-order valence-electron chi connectivity index (χ4n) is 9.50. The third-order valence-electron chi connectivity index (χ3n) is 11.6. The van der Waals surface area contributed by atoms with Crippen LogP contribution in [0, 0.1) is 0 Å². The van der Waals surface area contributed by atoms with Crippen molar-refractivity contribution in [2.24, 2.45) is 0 Å². The van der Waals surface area contributed by atoms with Crippen molar-refractivity contribution in [3.8, 4) is 27.9 Å². The summed E-state index contributed by atoms with van der Waals surface area (Å²) >= 11 is 0. The summed E-state index contributed by atoms with van der Waals surface area (Å²) in [6.07, 6.45) is 18.7. The minimum absolute atomic E-state index is 0.0586. The number of rotatable bonds is 3. The van der Waals surface area contributed by atoms with Crippen LogP contribution < -0.4 is 0 Å². The molecule has 10 rings (SSSR count). The van der Waals surface area contributed by atoms with E-state index in [1.54, 1.807) is 0 Å². The fourth-order valence-corrected chi connectivity index (χ4v) is 9.50. The minimum Gasteiger partial charge on any atom is -0.309 e. The zero-order valence-electron chi connectivity index (χ0n) is 27.1. The molecule has 6 aromatic rings. The third kappa shape index (κ3) is 3.50. The van der Waals surface area contributed by atoms with E-state index in [4.69, 9.17) is 0 Å². The van der Waals surface area contributed by atoms with Crippen molar-refractivity contribution < 1.29 is 0 Å². The van der Waals surface area contributed by atoms with Gasteiger partial charge in [-0.1, -0.05) is 129 Å². The maximum atomic E-state index is 2.54. The van der Waals surface area contributed by atoms with Crippen LogP contribution in [0.5, 0.6) is 0 Å². The van der Waals surface area contributed by atoms with Gasteiger partial charge in [0.25, 0.3) is 0 Å². The lowest BCUT2D eigenvalue weighted by Gasteiger charge is -2.38. The molecule has 0 saturated heterocycles. The summed E-state index contributed by atoms with van der Waals surface area (Å²) in [4.78, 5) is 0.